The number of hydrogen-bond donors (Lipinski definition) is 3. The molecule has 0 spiro atoms. The minimum atomic E-state index is -1.01. The fraction of sp³-hybridized carbons (Fsp3) is 0.292. The van der Waals surface area contributed by atoms with Gasteiger partial charge < -0.3 is 20.1 Å². The largest absolute Gasteiger partial charge is 0.481 e. The first kappa shape index (κ1) is 21.5. The van der Waals surface area contributed by atoms with E-state index in [1.54, 1.807) is 0 Å². The molecule has 2 unspecified atom stereocenters. The van der Waals surface area contributed by atoms with Crippen molar-refractivity contribution in [3.05, 3.63) is 65.7 Å². The molecule has 2 aliphatic heterocycles. The van der Waals surface area contributed by atoms with Gasteiger partial charge in [0.05, 0.1) is 35.8 Å². The van der Waals surface area contributed by atoms with E-state index in [1.165, 1.54) is 11.8 Å². The summed E-state index contributed by atoms with van der Waals surface area (Å²) in [7, 11) is 0. The number of hydrogen-bond acceptors (Lipinski definition) is 6. The van der Waals surface area contributed by atoms with E-state index in [1.807, 2.05) is 42.5 Å². The predicted molar refractivity (Wildman–Crippen MR) is 128 cm³/mol. The highest BCUT2D eigenvalue weighted by atomic mass is 32.2. The van der Waals surface area contributed by atoms with Crippen molar-refractivity contribution in [2.75, 3.05) is 36.5 Å². The van der Waals surface area contributed by atoms with Gasteiger partial charge in [-0.3, -0.25) is 14.7 Å². The lowest BCUT2D eigenvalue weighted by molar-refractivity contribution is -0.138. The molecule has 1 saturated heterocycles. The van der Waals surface area contributed by atoms with Gasteiger partial charge in [0, 0.05) is 29.9 Å². The highest BCUT2D eigenvalue weighted by molar-refractivity contribution is 8.01. The molecule has 9 heteroatoms. The molecule has 3 N–H and O–H groups in total. The maximum Gasteiger partial charge on any atom is 0.305 e. The Kier molecular flexibility index (Phi) is 6.06. The van der Waals surface area contributed by atoms with Crippen molar-refractivity contribution in [2.45, 2.75) is 16.9 Å². The first-order chi connectivity index (χ1) is 16.1. The molecule has 8 nitrogen and oxygen atoms in total. The fourth-order valence-corrected chi connectivity index (χ4v) is 5.69. The summed E-state index contributed by atoms with van der Waals surface area (Å²) in [5.74, 6) is -0.905. The van der Waals surface area contributed by atoms with Gasteiger partial charge in [0.25, 0.3) is 0 Å². The van der Waals surface area contributed by atoms with Crippen LogP contribution in [0.1, 0.15) is 22.8 Å². The Balaban J connectivity index is 1.58. The number of thioether (sulfide) groups is 1. The molecule has 5 rings (SSSR count). The molecule has 3 aromatic rings. The number of morpholine rings is 1. The van der Waals surface area contributed by atoms with Gasteiger partial charge in [-0.05, 0) is 17.7 Å². The third kappa shape index (κ3) is 4.46. The number of fused-ring (bicyclic) bond motifs is 1. The number of carboxylic acid groups (broad SMARTS) is 1. The third-order valence-corrected chi connectivity index (χ3v) is 7.36. The van der Waals surface area contributed by atoms with Gasteiger partial charge >= 0.3 is 5.97 Å². The maximum absolute atomic E-state index is 12.8. The second kappa shape index (κ2) is 9.29. The Hall–Kier alpha value is -3.30. The normalized spacial score (nSPS) is 20.6. The van der Waals surface area contributed by atoms with Crippen LogP contribution in [0.4, 0.5) is 11.5 Å². The average molecular weight is 465 g/mol. The van der Waals surface area contributed by atoms with Crippen LogP contribution >= 0.6 is 11.8 Å². The zero-order valence-electron chi connectivity index (χ0n) is 17.9. The highest BCUT2D eigenvalue weighted by Crippen LogP contribution is 2.48. The summed E-state index contributed by atoms with van der Waals surface area (Å²) < 4.78 is 5.48. The topological polar surface area (TPSA) is 108 Å². The number of ether oxygens (including phenoxy) is 1. The number of amides is 1. The number of carbonyl (C=O) groups excluding carboxylic acids is 1. The van der Waals surface area contributed by atoms with Crippen LogP contribution < -0.4 is 10.2 Å². The number of nitrogens with one attached hydrogen (secondary N) is 2. The van der Waals surface area contributed by atoms with Crippen LogP contribution in [-0.2, 0) is 14.3 Å². The van der Waals surface area contributed by atoms with Gasteiger partial charge in [0.15, 0.2) is 5.82 Å². The Morgan fingerprint density at radius 3 is 2.70 bits per heavy atom. The number of aromatic nitrogens is 2. The van der Waals surface area contributed by atoms with Crippen molar-refractivity contribution in [3.63, 3.8) is 0 Å². The van der Waals surface area contributed by atoms with E-state index in [2.05, 4.69) is 32.5 Å². The molecular weight excluding hydrogens is 440 g/mol. The van der Waals surface area contributed by atoms with Crippen LogP contribution in [-0.4, -0.2) is 58.7 Å². The maximum atomic E-state index is 12.8. The van der Waals surface area contributed by atoms with Gasteiger partial charge in [-0.25, -0.2) is 0 Å². The minimum absolute atomic E-state index is 0.254. The lowest BCUT2D eigenvalue weighted by atomic mass is 9.99. The molecule has 0 bridgehead atoms. The molecule has 33 heavy (non-hydrogen) atoms. The first-order valence-corrected chi connectivity index (χ1v) is 11.8. The monoisotopic (exact) mass is 464 g/mol. The van der Waals surface area contributed by atoms with Crippen molar-refractivity contribution in [1.29, 1.82) is 0 Å². The molecule has 1 fully saturated rings. The number of rotatable bonds is 5. The van der Waals surface area contributed by atoms with Crippen molar-refractivity contribution in [3.8, 4) is 11.3 Å². The van der Waals surface area contributed by atoms with Gasteiger partial charge in [0.2, 0.25) is 5.91 Å². The Bertz CT molecular complexity index is 1160. The van der Waals surface area contributed by atoms with E-state index < -0.39 is 11.2 Å². The molecule has 0 radical (unpaired) electrons. The number of carboxylic acids is 1. The average Bonchev–Trinajstić information content (AvgIpc) is 3.20. The zero-order valence-corrected chi connectivity index (χ0v) is 18.7. The van der Waals surface area contributed by atoms with Crippen LogP contribution in [0.2, 0.25) is 0 Å². The minimum Gasteiger partial charge on any atom is -0.481 e. The van der Waals surface area contributed by atoms with Crippen molar-refractivity contribution < 1.29 is 19.4 Å². The second-order valence-corrected chi connectivity index (χ2v) is 9.33. The summed E-state index contributed by atoms with van der Waals surface area (Å²) in [5.41, 5.74) is 4.72. The molecule has 0 saturated carbocycles. The summed E-state index contributed by atoms with van der Waals surface area (Å²) >= 11 is 1.35. The summed E-state index contributed by atoms with van der Waals surface area (Å²) in [6, 6.07) is 18.1. The zero-order chi connectivity index (χ0) is 22.8. The van der Waals surface area contributed by atoms with E-state index in [0.717, 1.165) is 41.2 Å². The lowest BCUT2D eigenvalue weighted by Gasteiger charge is -2.29. The molecule has 170 valence electrons. The SMILES string of the molecule is O=C(O)CC1SC(c2ccccc2)c2c(n[nH]c2-c2cccc(N3CCOCC3)c2)NC1=O. The standard InChI is InChI=1S/C24H24N4O4S/c29-19(30)14-18-24(31)25-23-20(22(33-18)15-5-2-1-3-6-15)21(26-27-23)16-7-4-8-17(13-16)28-9-11-32-12-10-28/h1-8,13,18,22H,9-12,14H2,(H,29,30)(H2,25,26,27,31). The number of anilines is 2. The van der Waals surface area contributed by atoms with Crippen molar-refractivity contribution in [1.82, 2.24) is 10.2 Å². The smallest absolute Gasteiger partial charge is 0.305 e. The first-order valence-electron chi connectivity index (χ1n) is 10.8. The summed E-state index contributed by atoms with van der Waals surface area (Å²) in [4.78, 5) is 26.5. The molecule has 2 aromatic carbocycles. The molecule has 2 atom stereocenters. The number of H-pyrrole nitrogens is 1. The van der Waals surface area contributed by atoms with Crippen LogP contribution in [0.25, 0.3) is 11.3 Å². The highest BCUT2D eigenvalue weighted by Gasteiger charge is 2.36. The van der Waals surface area contributed by atoms with Gasteiger partial charge in [-0.15, -0.1) is 11.8 Å². The van der Waals surface area contributed by atoms with Gasteiger partial charge in [0.1, 0.15) is 0 Å². The number of benzene rings is 2. The Morgan fingerprint density at radius 2 is 1.94 bits per heavy atom. The van der Waals surface area contributed by atoms with Gasteiger partial charge in [-0.2, -0.15) is 5.10 Å². The van der Waals surface area contributed by atoms with E-state index in [0.29, 0.717) is 19.0 Å². The van der Waals surface area contributed by atoms with Crippen molar-refractivity contribution >= 4 is 35.1 Å². The number of carbonyl (C=O) groups is 2. The molecule has 0 aliphatic carbocycles. The quantitative estimate of drug-likeness (QED) is 0.530. The van der Waals surface area contributed by atoms with E-state index in [9.17, 15) is 14.7 Å². The van der Waals surface area contributed by atoms with E-state index in [-0.39, 0.29) is 17.6 Å². The van der Waals surface area contributed by atoms with E-state index in [4.69, 9.17) is 4.74 Å². The predicted octanol–water partition coefficient (Wildman–Crippen LogP) is 3.53. The Morgan fingerprint density at radius 1 is 1.15 bits per heavy atom. The number of aliphatic carboxylic acids is 1. The van der Waals surface area contributed by atoms with Crippen molar-refractivity contribution in [2.24, 2.45) is 0 Å². The van der Waals surface area contributed by atoms with E-state index >= 15 is 0 Å². The molecule has 1 amide bonds. The van der Waals surface area contributed by atoms with Crippen LogP contribution in [0.5, 0.6) is 0 Å². The summed E-state index contributed by atoms with van der Waals surface area (Å²) in [6.45, 7) is 3.07. The molecule has 2 aliphatic rings. The lowest BCUT2D eigenvalue weighted by Crippen LogP contribution is -2.36. The third-order valence-electron chi connectivity index (χ3n) is 5.87. The molecular formula is C24H24N4O4S. The summed E-state index contributed by atoms with van der Waals surface area (Å²) in [6.07, 6.45) is -0.254. The molecule has 3 heterocycles. The van der Waals surface area contributed by atoms with Gasteiger partial charge in [-0.1, -0.05) is 42.5 Å². The summed E-state index contributed by atoms with van der Waals surface area (Å²) in [5, 5.41) is 18.8. The Labute approximate surface area is 195 Å². The number of nitrogens with zero attached hydrogens (tertiary/aromatic N) is 2. The fourth-order valence-electron chi connectivity index (χ4n) is 4.26. The van der Waals surface area contributed by atoms with Crippen LogP contribution in [0.15, 0.2) is 54.6 Å². The van der Waals surface area contributed by atoms with Crippen LogP contribution in [0.3, 0.4) is 0 Å². The molecule has 1 aromatic heterocycles. The van der Waals surface area contributed by atoms with Crippen LogP contribution in [0, 0.1) is 0 Å². The second-order valence-electron chi connectivity index (χ2n) is 8.01. The number of aromatic amines is 1.